The molecule has 1 aromatic carbocycles. The van der Waals surface area contributed by atoms with E-state index in [1.165, 1.54) is 0 Å². The molecule has 0 fully saturated rings. The van der Waals surface area contributed by atoms with Crippen LogP contribution < -0.4 is 9.96 Å². The molecule has 0 amide bonds. The van der Waals surface area contributed by atoms with Crippen molar-refractivity contribution < 1.29 is 9.51 Å². The number of pyridine rings is 1. The maximum absolute atomic E-state index is 12.8. The molecule has 0 aliphatic carbocycles. The standard InChI is InChI=1S/C17H16N2O2/c1-12(2)15-16(20)18-11-7-6-10-14(18)19(17(15)21)13-8-4-3-5-9-13/h3-12H,1-2H3/p+1. The highest BCUT2D eigenvalue weighted by atomic mass is 16.3. The van der Waals surface area contributed by atoms with E-state index in [0.29, 0.717) is 11.2 Å². The molecule has 4 nitrogen and oxygen atoms in total. The highest BCUT2D eigenvalue weighted by Crippen LogP contribution is 2.20. The lowest BCUT2D eigenvalue weighted by molar-refractivity contribution is -0.527. The number of rotatable bonds is 2. The molecule has 0 radical (unpaired) electrons. The van der Waals surface area contributed by atoms with E-state index in [-0.39, 0.29) is 17.4 Å². The smallest absolute Gasteiger partial charge is 0.350 e. The van der Waals surface area contributed by atoms with E-state index in [2.05, 4.69) is 0 Å². The van der Waals surface area contributed by atoms with E-state index in [4.69, 9.17) is 0 Å². The summed E-state index contributed by atoms with van der Waals surface area (Å²) in [4.78, 5) is 12.8. The average molecular weight is 281 g/mol. The van der Waals surface area contributed by atoms with Gasteiger partial charge < -0.3 is 5.11 Å². The van der Waals surface area contributed by atoms with Crippen LogP contribution in [0.4, 0.5) is 0 Å². The highest BCUT2D eigenvalue weighted by Gasteiger charge is 2.26. The summed E-state index contributed by atoms with van der Waals surface area (Å²) in [6.45, 7) is 3.81. The minimum atomic E-state index is -0.181. The number of hydrogen-bond acceptors (Lipinski definition) is 2. The molecule has 0 aliphatic rings. The molecule has 0 saturated heterocycles. The van der Waals surface area contributed by atoms with E-state index in [1.807, 2.05) is 62.4 Å². The summed E-state index contributed by atoms with van der Waals surface area (Å²) in [6, 6.07) is 15.0. The zero-order chi connectivity index (χ0) is 15.0. The second-order valence-electron chi connectivity index (χ2n) is 5.30. The summed E-state index contributed by atoms with van der Waals surface area (Å²) < 4.78 is 3.28. The lowest BCUT2D eigenvalue weighted by Crippen LogP contribution is -2.36. The summed E-state index contributed by atoms with van der Waals surface area (Å²) >= 11 is 0. The van der Waals surface area contributed by atoms with Gasteiger partial charge in [0.1, 0.15) is 11.3 Å². The maximum Gasteiger partial charge on any atom is 0.350 e. The zero-order valence-electron chi connectivity index (χ0n) is 12.0. The fourth-order valence-corrected chi connectivity index (χ4v) is 2.58. The largest absolute Gasteiger partial charge is 0.477 e. The second-order valence-corrected chi connectivity index (χ2v) is 5.30. The average Bonchev–Trinajstić information content (AvgIpc) is 2.48. The van der Waals surface area contributed by atoms with Crippen LogP contribution >= 0.6 is 0 Å². The monoisotopic (exact) mass is 281 g/mol. The van der Waals surface area contributed by atoms with E-state index in [0.717, 1.165) is 5.69 Å². The van der Waals surface area contributed by atoms with Crippen LogP contribution in [0, 0.1) is 0 Å². The number of nitrogens with zero attached hydrogens (tertiary/aromatic N) is 2. The summed E-state index contributed by atoms with van der Waals surface area (Å²) in [5.74, 6) is -0.0534. The lowest BCUT2D eigenvalue weighted by Gasteiger charge is -2.10. The van der Waals surface area contributed by atoms with Crippen LogP contribution in [0.5, 0.6) is 5.88 Å². The quantitative estimate of drug-likeness (QED) is 0.733. The fraction of sp³-hybridized carbons (Fsp3) is 0.176. The van der Waals surface area contributed by atoms with Crippen molar-refractivity contribution in [2.24, 2.45) is 0 Å². The van der Waals surface area contributed by atoms with Gasteiger partial charge in [-0.15, -0.1) is 0 Å². The van der Waals surface area contributed by atoms with Gasteiger partial charge in [-0.2, -0.15) is 8.97 Å². The van der Waals surface area contributed by atoms with Crippen LogP contribution in [-0.2, 0) is 0 Å². The van der Waals surface area contributed by atoms with Crippen LogP contribution in [0.25, 0.3) is 11.3 Å². The predicted molar refractivity (Wildman–Crippen MR) is 81.0 cm³/mol. The molecule has 3 aromatic rings. The third-order valence-corrected chi connectivity index (χ3v) is 3.56. The predicted octanol–water partition coefficient (Wildman–Crippen LogP) is 2.41. The van der Waals surface area contributed by atoms with Gasteiger partial charge in [-0.3, -0.25) is 0 Å². The van der Waals surface area contributed by atoms with Gasteiger partial charge in [0.2, 0.25) is 0 Å². The number of benzene rings is 1. The third kappa shape index (κ3) is 2.09. The van der Waals surface area contributed by atoms with Gasteiger partial charge in [-0.1, -0.05) is 38.1 Å². The van der Waals surface area contributed by atoms with Crippen LogP contribution in [0.3, 0.4) is 0 Å². The molecule has 0 bridgehead atoms. The molecule has 106 valence electrons. The summed E-state index contributed by atoms with van der Waals surface area (Å²) in [7, 11) is 0. The Labute approximate surface area is 122 Å². The Morgan fingerprint density at radius 1 is 1.05 bits per heavy atom. The Kier molecular flexibility index (Phi) is 3.22. The van der Waals surface area contributed by atoms with Crippen LogP contribution in [-0.4, -0.2) is 9.67 Å². The zero-order valence-corrected chi connectivity index (χ0v) is 12.0. The van der Waals surface area contributed by atoms with E-state index >= 15 is 0 Å². The van der Waals surface area contributed by atoms with Crippen molar-refractivity contribution in [2.45, 2.75) is 19.8 Å². The molecule has 21 heavy (non-hydrogen) atoms. The second kappa shape index (κ2) is 5.05. The third-order valence-electron chi connectivity index (χ3n) is 3.56. The fourth-order valence-electron chi connectivity index (χ4n) is 2.58. The topological polar surface area (TPSA) is 46.3 Å². The SMILES string of the molecule is CC(C)c1c(O)[n+]2ccccc2n(-c2ccccc2)c1=O. The Hall–Kier alpha value is -2.62. The van der Waals surface area contributed by atoms with Crippen molar-refractivity contribution in [1.82, 2.24) is 4.57 Å². The lowest BCUT2D eigenvalue weighted by atomic mass is 10.1. The molecule has 0 aliphatic heterocycles. The van der Waals surface area contributed by atoms with Gasteiger partial charge in [0.25, 0.3) is 11.5 Å². The maximum atomic E-state index is 12.8. The number of aromatic hydroxyl groups is 1. The Bertz CT molecular complexity index is 852. The first-order chi connectivity index (χ1) is 10.1. The van der Waals surface area contributed by atoms with Gasteiger partial charge in [0.15, 0.2) is 0 Å². The van der Waals surface area contributed by atoms with Gasteiger partial charge in [0, 0.05) is 6.07 Å². The molecule has 0 unspecified atom stereocenters. The number of fused-ring (bicyclic) bond motifs is 1. The molecular formula is C17H17N2O2+. The Morgan fingerprint density at radius 3 is 2.38 bits per heavy atom. The van der Waals surface area contributed by atoms with Crippen molar-refractivity contribution in [1.29, 1.82) is 0 Å². The molecule has 0 saturated carbocycles. The van der Waals surface area contributed by atoms with E-state index in [1.54, 1.807) is 15.2 Å². The normalized spacial score (nSPS) is 11.2. The van der Waals surface area contributed by atoms with Crippen molar-refractivity contribution in [3.63, 3.8) is 0 Å². The number of hydrogen-bond donors (Lipinski definition) is 1. The van der Waals surface area contributed by atoms with Gasteiger partial charge in [-0.25, -0.2) is 4.79 Å². The summed E-state index contributed by atoms with van der Waals surface area (Å²) in [5.41, 5.74) is 1.66. The van der Waals surface area contributed by atoms with Gasteiger partial charge in [0.05, 0.1) is 6.20 Å². The van der Waals surface area contributed by atoms with E-state index < -0.39 is 0 Å². The molecule has 2 aromatic heterocycles. The van der Waals surface area contributed by atoms with E-state index in [9.17, 15) is 9.90 Å². The minimum Gasteiger partial charge on any atom is -0.477 e. The Balaban J connectivity index is 2.52. The molecule has 2 heterocycles. The van der Waals surface area contributed by atoms with Crippen molar-refractivity contribution >= 4 is 5.65 Å². The number of aromatic nitrogens is 2. The Morgan fingerprint density at radius 2 is 1.71 bits per heavy atom. The van der Waals surface area contributed by atoms with Crippen LogP contribution in [0.15, 0.2) is 59.5 Å². The van der Waals surface area contributed by atoms with Gasteiger partial charge in [-0.05, 0) is 24.1 Å². The molecule has 0 atom stereocenters. The molecule has 1 N–H and O–H groups in total. The number of para-hydroxylation sites is 1. The molecule has 3 rings (SSSR count). The first-order valence-corrected chi connectivity index (χ1v) is 6.95. The highest BCUT2D eigenvalue weighted by molar-refractivity contribution is 5.46. The van der Waals surface area contributed by atoms with Crippen LogP contribution in [0.1, 0.15) is 25.3 Å². The first kappa shape index (κ1) is 13.4. The van der Waals surface area contributed by atoms with Crippen LogP contribution in [0.2, 0.25) is 0 Å². The molecule has 4 heteroatoms. The van der Waals surface area contributed by atoms with Crippen molar-refractivity contribution in [3.05, 3.63) is 70.6 Å². The van der Waals surface area contributed by atoms with Gasteiger partial charge >= 0.3 is 5.56 Å². The minimum absolute atomic E-state index is 0.0118. The molecular weight excluding hydrogens is 264 g/mol. The summed E-state index contributed by atoms with van der Waals surface area (Å²) in [5, 5.41) is 10.4. The first-order valence-electron chi connectivity index (χ1n) is 6.95. The van der Waals surface area contributed by atoms with Crippen molar-refractivity contribution in [2.75, 3.05) is 0 Å². The summed E-state index contributed by atoms with van der Waals surface area (Å²) in [6.07, 6.45) is 1.76. The molecule has 0 spiro atoms. The van der Waals surface area contributed by atoms with Crippen molar-refractivity contribution in [3.8, 4) is 11.6 Å².